The number of thiocarbonyl (C=S) groups is 1. The first-order valence-electron chi connectivity index (χ1n) is 12.6. The lowest BCUT2D eigenvalue weighted by Crippen LogP contribution is -2.50. The van der Waals surface area contributed by atoms with E-state index in [4.69, 9.17) is 23.8 Å². The molecule has 0 amide bonds. The molecule has 2 saturated heterocycles. The Morgan fingerprint density at radius 2 is 1.67 bits per heavy atom. The Labute approximate surface area is 222 Å². The smallest absolute Gasteiger partial charge is 0.382 e. The van der Waals surface area contributed by atoms with E-state index in [0.29, 0.717) is 5.69 Å². The second kappa shape index (κ2) is 11.6. The zero-order valence-electron chi connectivity index (χ0n) is 20.8. The van der Waals surface area contributed by atoms with Gasteiger partial charge in [0.25, 0.3) is 0 Å². The average molecular weight is 539 g/mol. The summed E-state index contributed by atoms with van der Waals surface area (Å²) in [5, 5.41) is 4.06. The van der Waals surface area contributed by atoms with Crippen molar-refractivity contribution in [2.24, 2.45) is 5.92 Å². The van der Waals surface area contributed by atoms with Gasteiger partial charge >= 0.3 is 6.18 Å². The lowest BCUT2D eigenvalue weighted by Gasteiger charge is -2.39. The number of hydrogen-bond acceptors (Lipinski definition) is 4. The van der Waals surface area contributed by atoms with Gasteiger partial charge in [-0.25, -0.2) is 0 Å². The van der Waals surface area contributed by atoms with Crippen molar-refractivity contribution in [3.05, 3.63) is 58.6 Å². The topological polar surface area (TPSA) is 21.8 Å². The number of anilines is 2. The van der Waals surface area contributed by atoms with E-state index in [-0.39, 0.29) is 17.5 Å². The third-order valence-electron chi connectivity index (χ3n) is 7.24. The van der Waals surface area contributed by atoms with Crippen molar-refractivity contribution < 1.29 is 13.2 Å². The van der Waals surface area contributed by atoms with Crippen LogP contribution in [0.25, 0.3) is 0 Å². The number of likely N-dealkylation sites (tertiary alicyclic amines) is 1. The number of nitrogens with one attached hydrogen (secondary N) is 1. The number of piperidine rings is 1. The molecular formula is C27H34ClF3N4S. The Bertz CT molecular complexity index is 1030. The molecule has 2 aliphatic rings. The standard InChI is InChI=1S/C27H34ClF3N4S/c1-19-3-6-23(17-25(19)27(29,30)31)32-22-9-11-35(12-10-22)26(36)20(2)18-33-13-15-34(16-14-33)24-7-4-21(28)5-8-24/h3-8,17,20,22,32H,9-16,18H2,1-2H3. The SMILES string of the molecule is Cc1ccc(NC2CCN(C(=S)C(C)CN3CCN(c4ccc(Cl)cc4)CC3)CC2)cc1C(F)(F)F. The Hall–Kier alpha value is -2.03. The van der Waals surface area contributed by atoms with E-state index in [0.717, 1.165) is 68.7 Å². The molecule has 2 aliphatic heterocycles. The third-order valence-corrected chi connectivity index (χ3v) is 8.15. The summed E-state index contributed by atoms with van der Waals surface area (Å²) in [7, 11) is 0. The van der Waals surface area contributed by atoms with E-state index in [9.17, 15) is 13.2 Å². The minimum Gasteiger partial charge on any atom is -0.382 e. The summed E-state index contributed by atoms with van der Waals surface area (Å²) in [6.07, 6.45) is -2.64. The minimum absolute atomic E-state index is 0.143. The molecule has 2 aromatic rings. The van der Waals surface area contributed by atoms with E-state index in [1.165, 1.54) is 24.7 Å². The van der Waals surface area contributed by atoms with Crippen molar-refractivity contribution in [3.63, 3.8) is 0 Å². The lowest BCUT2D eigenvalue weighted by atomic mass is 10.0. The van der Waals surface area contributed by atoms with Gasteiger partial charge in [-0.05, 0) is 61.7 Å². The van der Waals surface area contributed by atoms with E-state index in [2.05, 4.69) is 39.1 Å². The van der Waals surface area contributed by atoms with Crippen LogP contribution in [-0.2, 0) is 6.18 Å². The number of benzene rings is 2. The van der Waals surface area contributed by atoms with Crippen LogP contribution in [0.2, 0.25) is 5.02 Å². The van der Waals surface area contributed by atoms with Crippen LogP contribution in [0.15, 0.2) is 42.5 Å². The Balaban J connectivity index is 1.22. The molecule has 4 rings (SSSR count). The first-order valence-corrected chi connectivity index (χ1v) is 13.3. The van der Waals surface area contributed by atoms with Gasteiger partial charge in [-0.2, -0.15) is 13.2 Å². The van der Waals surface area contributed by atoms with Crippen LogP contribution in [0.1, 0.15) is 30.9 Å². The third kappa shape index (κ3) is 6.84. The number of nitrogens with zero attached hydrogens (tertiary/aromatic N) is 3. The molecule has 1 atom stereocenters. The van der Waals surface area contributed by atoms with E-state index >= 15 is 0 Å². The van der Waals surface area contributed by atoms with Crippen LogP contribution in [0.5, 0.6) is 0 Å². The van der Waals surface area contributed by atoms with Gasteiger partial charge in [-0.15, -0.1) is 0 Å². The Morgan fingerprint density at radius 3 is 2.28 bits per heavy atom. The first-order chi connectivity index (χ1) is 17.1. The van der Waals surface area contributed by atoms with Crippen LogP contribution in [0.4, 0.5) is 24.5 Å². The summed E-state index contributed by atoms with van der Waals surface area (Å²) < 4.78 is 39.7. The summed E-state index contributed by atoms with van der Waals surface area (Å²) in [5.74, 6) is 0.276. The average Bonchev–Trinajstić information content (AvgIpc) is 2.85. The van der Waals surface area contributed by atoms with Crippen molar-refractivity contribution in [2.75, 3.05) is 56.0 Å². The van der Waals surface area contributed by atoms with Crippen LogP contribution in [0, 0.1) is 12.8 Å². The molecule has 1 N–H and O–H groups in total. The van der Waals surface area contributed by atoms with Gasteiger partial charge in [-0.3, -0.25) is 4.90 Å². The molecule has 36 heavy (non-hydrogen) atoms. The van der Waals surface area contributed by atoms with Crippen LogP contribution in [0.3, 0.4) is 0 Å². The van der Waals surface area contributed by atoms with E-state index < -0.39 is 11.7 Å². The monoisotopic (exact) mass is 538 g/mol. The highest BCUT2D eigenvalue weighted by molar-refractivity contribution is 7.80. The molecule has 9 heteroatoms. The normalized spacial score (nSPS) is 18.8. The molecule has 1 unspecified atom stereocenters. The number of hydrogen-bond donors (Lipinski definition) is 1. The highest BCUT2D eigenvalue weighted by atomic mass is 35.5. The molecule has 0 aromatic heterocycles. The van der Waals surface area contributed by atoms with Gasteiger partial charge in [0.15, 0.2) is 0 Å². The largest absolute Gasteiger partial charge is 0.416 e. The molecule has 0 spiro atoms. The maximum absolute atomic E-state index is 13.2. The summed E-state index contributed by atoms with van der Waals surface area (Å²) in [6.45, 7) is 10.2. The van der Waals surface area contributed by atoms with Gasteiger partial charge in [-0.1, -0.05) is 36.8 Å². The Morgan fingerprint density at radius 1 is 1.03 bits per heavy atom. The fourth-order valence-corrected chi connectivity index (χ4v) is 5.50. The van der Waals surface area contributed by atoms with Crippen molar-refractivity contribution in [3.8, 4) is 0 Å². The number of aryl methyl sites for hydroxylation is 1. The van der Waals surface area contributed by atoms with Gasteiger partial charge < -0.3 is 15.1 Å². The maximum atomic E-state index is 13.2. The summed E-state index contributed by atoms with van der Waals surface area (Å²) in [4.78, 5) is 8.13. The molecule has 2 fully saturated rings. The molecule has 0 radical (unpaired) electrons. The van der Waals surface area contributed by atoms with Gasteiger partial charge in [0.1, 0.15) is 0 Å². The van der Waals surface area contributed by atoms with Crippen molar-refractivity contribution in [1.29, 1.82) is 0 Å². The second-order valence-corrected chi connectivity index (χ2v) is 10.8. The molecule has 2 heterocycles. The van der Waals surface area contributed by atoms with E-state index in [1.807, 2.05) is 12.1 Å². The zero-order valence-corrected chi connectivity index (χ0v) is 22.4. The molecule has 0 bridgehead atoms. The highest BCUT2D eigenvalue weighted by Crippen LogP contribution is 2.34. The minimum atomic E-state index is -4.34. The Kier molecular flexibility index (Phi) is 8.68. The molecule has 4 nitrogen and oxygen atoms in total. The van der Waals surface area contributed by atoms with E-state index in [1.54, 1.807) is 6.07 Å². The highest BCUT2D eigenvalue weighted by Gasteiger charge is 2.33. The van der Waals surface area contributed by atoms with Crippen molar-refractivity contribution >= 4 is 40.2 Å². The van der Waals surface area contributed by atoms with Gasteiger partial charge in [0, 0.05) is 74.2 Å². The molecule has 2 aromatic carbocycles. The van der Waals surface area contributed by atoms with Crippen LogP contribution >= 0.6 is 23.8 Å². The first kappa shape index (κ1) is 27.0. The van der Waals surface area contributed by atoms with Gasteiger partial charge in [0.05, 0.1) is 10.6 Å². The summed E-state index contributed by atoms with van der Waals surface area (Å²) in [5.41, 5.74) is 1.40. The van der Waals surface area contributed by atoms with Crippen LogP contribution < -0.4 is 10.2 Å². The number of rotatable bonds is 6. The predicted molar refractivity (Wildman–Crippen MR) is 146 cm³/mol. The molecule has 196 valence electrons. The number of alkyl halides is 3. The zero-order chi connectivity index (χ0) is 25.9. The molecular weight excluding hydrogens is 505 g/mol. The summed E-state index contributed by atoms with van der Waals surface area (Å²) in [6, 6.07) is 12.6. The molecule has 0 aliphatic carbocycles. The quantitative estimate of drug-likeness (QED) is 0.433. The van der Waals surface area contributed by atoms with Crippen molar-refractivity contribution in [1.82, 2.24) is 9.80 Å². The second-order valence-electron chi connectivity index (χ2n) is 9.94. The molecule has 0 saturated carbocycles. The fourth-order valence-electron chi connectivity index (χ4n) is 5.11. The summed E-state index contributed by atoms with van der Waals surface area (Å²) >= 11 is 11.9. The fraction of sp³-hybridized carbons (Fsp3) is 0.519. The number of piperazine rings is 1. The predicted octanol–water partition coefficient (Wildman–Crippen LogP) is 6.33. The lowest BCUT2D eigenvalue weighted by molar-refractivity contribution is -0.138. The van der Waals surface area contributed by atoms with Crippen LogP contribution in [-0.4, -0.2) is 66.6 Å². The van der Waals surface area contributed by atoms with Crippen molar-refractivity contribution in [2.45, 2.75) is 38.9 Å². The van der Waals surface area contributed by atoms with Gasteiger partial charge in [0.2, 0.25) is 0 Å². The maximum Gasteiger partial charge on any atom is 0.416 e. The number of halogens is 4.